The van der Waals surface area contributed by atoms with Gasteiger partial charge in [0.25, 0.3) is 0 Å². The highest BCUT2D eigenvalue weighted by atomic mass is 32.2. The molecule has 0 saturated carbocycles. The molecule has 134 valence electrons. The number of nitrogens with one attached hydrogen (secondary N) is 1. The van der Waals surface area contributed by atoms with Crippen LogP contribution in [0.3, 0.4) is 0 Å². The SMILES string of the molecule is COc1ccc(OC)c([C@H](C)NC(=O)CS[C@H]2CCS(=O)(=O)C2)c1. The molecule has 1 aromatic rings. The Morgan fingerprint density at radius 3 is 2.71 bits per heavy atom. The number of carbonyl (C=O) groups is 1. The molecule has 1 fully saturated rings. The number of carbonyl (C=O) groups excluding carboxylic acids is 1. The lowest BCUT2D eigenvalue weighted by Crippen LogP contribution is -2.29. The lowest BCUT2D eigenvalue weighted by atomic mass is 10.1. The molecule has 1 saturated heterocycles. The summed E-state index contributed by atoms with van der Waals surface area (Å²) in [6, 6.07) is 5.19. The Kier molecular flexibility index (Phi) is 6.40. The summed E-state index contributed by atoms with van der Waals surface area (Å²) < 4.78 is 33.4. The Bertz CT molecular complexity index is 690. The molecule has 6 nitrogen and oxygen atoms in total. The van der Waals surface area contributed by atoms with E-state index in [1.807, 2.05) is 13.0 Å². The molecule has 0 radical (unpaired) electrons. The summed E-state index contributed by atoms with van der Waals surface area (Å²) in [6.07, 6.45) is 0.625. The van der Waals surface area contributed by atoms with Gasteiger partial charge in [0.15, 0.2) is 9.84 Å². The minimum Gasteiger partial charge on any atom is -0.497 e. The lowest BCUT2D eigenvalue weighted by molar-refractivity contribution is -0.119. The number of rotatable bonds is 7. The number of thioether (sulfide) groups is 1. The minimum atomic E-state index is -2.91. The number of amides is 1. The number of benzene rings is 1. The summed E-state index contributed by atoms with van der Waals surface area (Å²) in [5.41, 5.74) is 0.832. The van der Waals surface area contributed by atoms with Gasteiger partial charge in [0, 0.05) is 10.8 Å². The van der Waals surface area contributed by atoms with E-state index < -0.39 is 9.84 Å². The molecular weight excluding hydrogens is 350 g/mol. The van der Waals surface area contributed by atoms with E-state index in [0.29, 0.717) is 17.9 Å². The van der Waals surface area contributed by atoms with E-state index >= 15 is 0 Å². The van der Waals surface area contributed by atoms with Gasteiger partial charge in [-0.15, -0.1) is 11.8 Å². The van der Waals surface area contributed by atoms with Crippen LogP contribution in [0.2, 0.25) is 0 Å². The molecule has 0 bridgehead atoms. The van der Waals surface area contributed by atoms with Crippen molar-refractivity contribution in [2.75, 3.05) is 31.5 Å². The Morgan fingerprint density at radius 2 is 2.12 bits per heavy atom. The second kappa shape index (κ2) is 8.11. The molecule has 1 aliphatic rings. The zero-order valence-electron chi connectivity index (χ0n) is 14.1. The molecule has 2 atom stereocenters. The van der Waals surface area contributed by atoms with E-state index in [2.05, 4.69) is 5.32 Å². The largest absolute Gasteiger partial charge is 0.497 e. The summed E-state index contributed by atoms with van der Waals surface area (Å²) in [6.45, 7) is 1.87. The van der Waals surface area contributed by atoms with Gasteiger partial charge < -0.3 is 14.8 Å². The van der Waals surface area contributed by atoms with Crippen LogP contribution in [0.1, 0.15) is 24.9 Å². The first kappa shape index (κ1) is 18.9. The molecule has 0 unspecified atom stereocenters. The normalized spacial score (nSPS) is 20.4. The van der Waals surface area contributed by atoms with Crippen LogP contribution in [-0.2, 0) is 14.6 Å². The summed E-state index contributed by atoms with van der Waals surface area (Å²) in [4.78, 5) is 12.1. The van der Waals surface area contributed by atoms with Crippen LogP contribution in [-0.4, -0.2) is 51.1 Å². The highest BCUT2D eigenvalue weighted by molar-refractivity contribution is 8.02. The molecule has 2 rings (SSSR count). The average Bonchev–Trinajstić information content (AvgIpc) is 2.91. The fourth-order valence-corrected chi connectivity index (χ4v) is 6.08. The van der Waals surface area contributed by atoms with E-state index in [1.54, 1.807) is 26.4 Å². The molecule has 0 aromatic heterocycles. The Labute approximate surface area is 147 Å². The third-order valence-corrected chi connectivity index (χ3v) is 7.20. The molecular formula is C16H23NO5S2. The fraction of sp³-hybridized carbons (Fsp3) is 0.562. The van der Waals surface area contributed by atoms with E-state index in [1.165, 1.54) is 11.8 Å². The van der Waals surface area contributed by atoms with E-state index in [-0.39, 0.29) is 34.5 Å². The number of methoxy groups -OCH3 is 2. The van der Waals surface area contributed by atoms with Gasteiger partial charge in [-0.25, -0.2) is 8.42 Å². The first-order chi connectivity index (χ1) is 11.3. The van der Waals surface area contributed by atoms with Crippen molar-refractivity contribution in [3.05, 3.63) is 23.8 Å². The highest BCUT2D eigenvalue weighted by Gasteiger charge is 2.28. The monoisotopic (exact) mass is 373 g/mol. The lowest BCUT2D eigenvalue weighted by Gasteiger charge is -2.18. The first-order valence-corrected chi connectivity index (χ1v) is 10.5. The standard InChI is InChI=1S/C16H23NO5S2/c1-11(14-8-12(21-2)4-5-15(14)22-3)17-16(18)9-23-13-6-7-24(19,20)10-13/h4-5,8,11,13H,6-7,9-10H2,1-3H3,(H,17,18)/t11-,13-/m0/s1. The quantitative estimate of drug-likeness (QED) is 0.785. The van der Waals surface area contributed by atoms with E-state index in [4.69, 9.17) is 9.47 Å². The van der Waals surface area contributed by atoms with E-state index in [0.717, 1.165) is 5.56 Å². The summed E-state index contributed by atoms with van der Waals surface area (Å²) in [5.74, 6) is 1.89. The number of sulfone groups is 1. The summed E-state index contributed by atoms with van der Waals surface area (Å²) in [7, 11) is 0.255. The Morgan fingerprint density at radius 1 is 1.38 bits per heavy atom. The van der Waals surface area contributed by atoms with Gasteiger partial charge in [0.05, 0.1) is 37.5 Å². The van der Waals surface area contributed by atoms with Crippen molar-refractivity contribution in [3.63, 3.8) is 0 Å². The molecule has 1 N–H and O–H groups in total. The molecule has 1 aliphatic heterocycles. The van der Waals surface area contributed by atoms with Gasteiger partial charge in [-0.1, -0.05) is 0 Å². The van der Waals surface area contributed by atoms with Gasteiger partial charge in [-0.2, -0.15) is 0 Å². The summed E-state index contributed by atoms with van der Waals surface area (Å²) in [5, 5.41) is 2.94. The zero-order valence-corrected chi connectivity index (χ0v) is 15.7. The van der Waals surface area contributed by atoms with Crippen molar-refractivity contribution < 1.29 is 22.7 Å². The highest BCUT2D eigenvalue weighted by Crippen LogP contribution is 2.29. The zero-order chi connectivity index (χ0) is 17.7. The number of hydrogen-bond donors (Lipinski definition) is 1. The average molecular weight is 373 g/mol. The molecule has 24 heavy (non-hydrogen) atoms. The minimum absolute atomic E-state index is 0.0161. The second-order valence-corrected chi connectivity index (χ2v) is 9.25. The van der Waals surface area contributed by atoms with Crippen molar-refractivity contribution in [2.45, 2.75) is 24.6 Å². The Balaban J connectivity index is 1.92. The van der Waals surface area contributed by atoms with Crippen molar-refractivity contribution in [3.8, 4) is 11.5 Å². The predicted molar refractivity (Wildman–Crippen MR) is 95.6 cm³/mol. The molecule has 1 amide bonds. The maximum atomic E-state index is 12.1. The van der Waals surface area contributed by atoms with Crippen LogP contribution in [0.4, 0.5) is 0 Å². The van der Waals surface area contributed by atoms with Gasteiger partial charge in [-0.05, 0) is 31.5 Å². The predicted octanol–water partition coefficient (Wildman–Crippen LogP) is 1.80. The van der Waals surface area contributed by atoms with Crippen LogP contribution < -0.4 is 14.8 Å². The Hall–Kier alpha value is -1.41. The maximum Gasteiger partial charge on any atom is 0.230 e. The van der Waals surface area contributed by atoms with Crippen molar-refractivity contribution in [1.29, 1.82) is 0 Å². The summed E-state index contributed by atoms with van der Waals surface area (Å²) >= 11 is 1.40. The number of hydrogen-bond acceptors (Lipinski definition) is 6. The maximum absolute atomic E-state index is 12.1. The molecule has 0 spiro atoms. The van der Waals surface area contributed by atoms with Gasteiger partial charge in [-0.3, -0.25) is 4.79 Å². The third-order valence-electron chi connectivity index (χ3n) is 3.92. The van der Waals surface area contributed by atoms with Gasteiger partial charge >= 0.3 is 0 Å². The number of ether oxygens (including phenoxy) is 2. The fourth-order valence-electron chi connectivity index (χ4n) is 2.62. The van der Waals surface area contributed by atoms with Crippen molar-refractivity contribution in [1.82, 2.24) is 5.32 Å². The topological polar surface area (TPSA) is 81.7 Å². The smallest absolute Gasteiger partial charge is 0.230 e. The van der Waals surface area contributed by atoms with Crippen LogP contribution in [0.25, 0.3) is 0 Å². The third kappa shape index (κ3) is 5.04. The van der Waals surface area contributed by atoms with Crippen LogP contribution in [0.5, 0.6) is 11.5 Å². The first-order valence-electron chi connectivity index (χ1n) is 7.68. The van der Waals surface area contributed by atoms with E-state index in [9.17, 15) is 13.2 Å². The molecule has 0 aliphatic carbocycles. The van der Waals surface area contributed by atoms with Crippen LogP contribution >= 0.6 is 11.8 Å². The second-order valence-electron chi connectivity index (χ2n) is 5.73. The van der Waals surface area contributed by atoms with Crippen LogP contribution in [0, 0.1) is 0 Å². The van der Waals surface area contributed by atoms with Crippen molar-refractivity contribution >= 4 is 27.5 Å². The molecule has 1 aromatic carbocycles. The van der Waals surface area contributed by atoms with Crippen LogP contribution in [0.15, 0.2) is 18.2 Å². The van der Waals surface area contributed by atoms with Gasteiger partial charge in [0.2, 0.25) is 5.91 Å². The van der Waals surface area contributed by atoms with Crippen molar-refractivity contribution in [2.24, 2.45) is 0 Å². The molecule has 1 heterocycles. The van der Waals surface area contributed by atoms with Gasteiger partial charge in [0.1, 0.15) is 11.5 Å². The molecule has 8 heteroatoms.